The van der Waals surface area contributed by atoms with E-state index in [-0.39, 0.29) is 60.7 Å². The van der Waals surface area contributed by atoms with Crippen molar-refractivity contribution in [2.24, 2.45) is 0 Å². The van der Waals surface area contributed by atoms with Crippen LogP contribution in [0.25, 0.3) is 0 Å². The second kappa shape index (κ2) is 30.0. The number of nitrogens with zero attached hydrogens (tertiary/aromatic N) is 4. The number of ether oxygens (including phenoxy) is 2. The summed E-state index contributed by atoms with van der Waals surface area (Å²) in [6, 6.07) is 34.4. The second-order valence-electron chi connectivity index (χ2n) is 19.7. The molecule has 0 saturated carbocycles. The van der Waals surface area contributed by atoms with Crippen molar-refractivity contribution < 1.29 is 38.2 Å². The van der Waals surface area contributed by atoms with Gasteiger partial charge in [-0.05, 0) is 116 Å². The van der Waals surface area contributed by atoms with Crippen molar-refractivity contribution in [2.75, 3.05) is 66.6 Å². The van der Waals surface area contributed by atoms with Crippen LogP contribution in [-0.4, -0.2) is 170 Å². The van der Waals surface area contributed by atoms with Crippen LogP contribution in [0, 0.1) is 11.8 Å². The summed E-state index contributed by atoms with van der Waals surface area (Å²) in [7, 11) is 3.34. The largest absolute Gasteiger partial charge is 0.363 e. The van der Waals surface area contributed by atoms with Gasteiger partial charge in [-0.1, -0.05) is 109 Å². The first-order valence-corrected chi connectivity index (χ1v) is 26.8. The number of carbonyl (C=O) groups is 6. The summed E-state index contributed by atoms with van der Waals surface area (Å²) in [4.78, 5) is 91.1. The maximum absolute atomic E-state index is 14.6. The fourth-order valence-electron chi connectivity index (χ4n) is 9.61. The lowest BCUT2D eigenvalue weighted by molar-refractivity contribution is -0.142. The molecule has 2 aliphatic rings. The quantitative estimate of drug-likeness (QED) is 0.0642. The molecule has 16 nitrogen and oxygen atoms in total. The van der Waals surface area contributed by atoms with Crippen molar-refractivity contribution in [1.82, 2.24) is 40.9 Å². The Morgan fingerprint density at radius 2 is 0.882 bits per heavy atom. The molecule has 0 spiro atoms. The molecule has 0 radical (unpaired) electrons. The van der Waals surface area contributed by atoms with Gasteiger partial charge in [0.25, 0.3) is 11.8 Å². The number of hydrogen-bond donors (Lipinski definition) is 4. The Bertz CT molecular complexity index is 2370. The van der Waals surface area contributed by atoms with E-state index >= 15 is 0 Å². The number of rotatable bonds is 26. The van der Waals surface area contributed by atoms with Crippen LogP contribution in [0.1, 0.15) is 85.2 Å². The van der Waals surface area contributed by atoms with Crippen LogP contribution < -0.4 is 21.3 Å². The van der Waals surface area contributed by atoms with E-state index in [4.69, 9.17) is 9.47 Å². The normalized spacial score (nSPS) is 17.5. The Labute approximate surface area is 449 Å². The molecule has 76 heavy (non-hydrogen) atoms. The van der Waals surface area contributed by atoms with Crippen molar-refractivity contribution in [2.45, 2.75) is 115 Å². The van der Waals surface area contributed by atoms with Gasteiger partial charge in [-0.2, -0.15) is 0 Å². The van der Waals surface area contributed by atoms with Crippen molar-refractivity contribution in [3.05, 3.63) is 144 Å². The molecular formula is C60H78N8O8. The molecular weight excluding hydrogens is 961 g/mol. The van der Waals surface area contributed by atoms with Gasteiger partial charge in [-0.25, -0.2) is 0 Å². The van der Waals surface area contributed by atoms with E-state index in [2.05, 4.69) is 33.1 Å². The zero-order valence-corrected chi connectivity index (χ0v) is 45.1. The fraction of sp³-hybridized carbons (Fsp3) is 0.467. The van der Waals surface area contributed by atoms with Crippen molar-refractivity contribution in [3.8, 4) is 11.8 Å². The summed E-state index contributed by atoms with van der Waals surface area (Å²) in [6.45, 7) is 9.16. The monoisotopic (exact) mass is 1040 g/mol. The van der Waals surface area contributed by atoms with E-state index in [9.17, 15) is 28.8 Å². The molecule has 406 valence electrons. The molecule has 2 aliphatic heterocycles. The number of benzene rings is 4. The smallest absolute Gasteiger partial charge is 0.253 e. The topological polar surface area (TPSA) is 182 Å². The van der Waals surface area contributed by atoms with E-state index in [1.165, 1.54) is 0 Å². The lowest BCUT2D eigenvalue weighted by Gasteiger charge is -2.35. The maximum Gasteiger partial charge on any atom is 0.253 e. The second-order valence-corrected chi connectivity index (χ2v) is 19.7. The standard InChI is InChI=1S/C60H78N8O8/c1-43(61-5)55(69)63-53(59(73)67-35-21-31-51(67)41-65(37-33-47-23-11-7-12-24-47)57(71)49-27-15-9-16-28-49)45(3)75-39-19-20-40-76-46(4)54(64-56(70)44(2)62-6)60(74)68-36-22-32-52(68)42-66(38-34-48-25-13-8-14-26-48)58(72)50-29-17-10-18-30-50/h7-18,23-30,43-46,51-54,61-62H,21-22,31-42H2,1-6H3,(H,63,69)(H,64,70)/t43-,44-,45+,46+,51-,52-,53-,54-/m0/s1. The molecule has 4 N–H and O–H groups in total. The highest BCUT2D eigenvalue weighted by molar-refractivity contribution is 5.95. The molecule has 0 aromatic heterocycles. The van der Waals surface area contributed by atoms with Crippen molar-refractivity contribution in [1.29, 1.82) is 0 Å². The third kappa shape index (κ3) is 16.8. The summed E-state index contributed by atoms with van der Waals surface area (Å²) in [6.07, 6.45) is 2.56. The van der Waals surface area contributed by atoms with Gasteiger partial charge in [-0.15, -0.1) is 0 Å². The minimum absolute atomic E-state index is 0.0981. The van der Waals surface area contributed by atoms with Gasteiger partial charge in [0, 0.05) is 62.5 Å². The maximum atomic E-state index is 14.6. The molecule has 0 unspecified atom stereocenters. The molecule has 6 amide bonds. The first-order valence-electron chi connectivity index (χ1n) is 26.8. The number of likely N-dealkylation sites (tertiary alicyclic amines) is 2. The number of amides is 6. The van der Waals surface area contributed by atoms with E-state index in [0.29, 0.717) is 76.1 Å². The molecule has 2 heterocycles. The highest BCUT2D eigenvalue weighted by atomic mass is 16.5. The minimum atomic E-state index is -1.05. The predicted molar refractivity (Wildman–Crippen MR) is 294 cm³/mol. The number of likely N-dealkylation sites (N-methyl/N-ethyl adjacent to an activating group) is 2. The third-order valence-electron chi connectivity index (χ3n) is 14.5. The van der Waals surface area contributed by atoms with Gasteiger partial charge in [0.05, 0.1) is 24.3 Å². The summed E-state index contributed by atoms with van der Waals surface area (Å²) >= 11 is 0. The van der Waals surface area contributed by atoms with Gasteiger partial charge in [-0.3, -0.25) is 28.8 Å². The lowest BCUT2D eigenvalue weighted by atomic mass is 10.1. The Morgan fingerprint density at radius 1 is 0.539 bits per heavy atom. The Morgan fingerprint density at radius 3 is 1.22 bits per heavy atom. The zero-order chi connectivity index (χ0) is 54.4. The van der Waals surface area contributed by atoms with E-state index in [1.54, 1.807) is 75.9 Å². The highest BCUT2D eigenvalue weighted by Crippen LogP contribution is 2.24. The van der Waals surface area contributed by atoms with Gasteiger partial charge >= 0.3 is 0 Å². The Kier molecular flexibility index (Phi) is 23.0. The average Bonchev–Trinajstić information content (AvgIpc) is 4.14. The summed E-state index contributed by atoms with van der Waals surface area (Å²) in [5.74, 6) is 4.34. The van der Waals surface area contributed by atoms with Crippen LogP contribution in [0.5, 0.6) is 0 Å². The van der Waals surface area contributed by atoms with E-state index in [0.717, 1.165) is 24.0 Å². The number of carbonyl (C=O) groups excluding carboxylic acids is 6. The number of hydrogen-bond acceptors (Lipinski definition) is 10. The van der Waals surface area contributed by atoms with Crippen LogP contribution >= 0.6 is 0 Å². The molecule has 0 bridgehead atoms. The third-order valence-corrected chi connectivity index (χ3v) is 14.5. The number of nitrogens with one attached hydrogen (secondary N) is 4. The minimum Gasteiger partial charge on any atom is -0.363 e. The van der Waals surface area contributed by atoms with E-state index in [1.807, 2.05) is 107 Å². The van der Waals surface area contributed by atoms with Crippen LogP contribution in [0.2, 0.25) is 0 Å². The Balaban J connectivity index is 1.10. The molecule has 4 aromatic rings. The summed E-state index contributed by atoms with van der Waals surface area (Å²) < 4.78 is 12.3. The zero-order valence-electron chi connectivity index (χ0n) is 45.1. The molecule has 2 saturated heterocycles. The van der Waals surface area contributed by atoms with Crippen molar-refractivity contribution >= 4 is 35.4 Å². The van der Waals surface area contributed by atoms with Crippen LogP contribution in [0.4, 0.5) is 0 Å². The van der Waals surface area contributed by atoms with Gasteiger partial charge in [0.1, 0.15) is 25.3 Å². The predicted octanol–water partition coefficient (Wildman–Crippen LogP) is 4.74. The summed E-state index contributed by atoms with van der Waals surface area (Å²) in [5, 5.41) is 11.7. The van der Waals surface area contributed by atoms with Gasteiger partial charge < -0.3 is 50.3 Å². The lowest BCUT2D eigenvalue weighted by Crippen LogP contribution is -2.59. The average molecular weight is 1040 g/mol. The van der Waals surface area contributed by atoms with Crippen molar-refractivity contribution in [3.63, 3.8) is 0 Å². The molecule has 4 aromatic carbocycles. The SMILES string of the molecule is CN[C@@H](C)C(=O)N[C@H](C(=O)N1CCC[C@H]1CN(CCc1ccccc1)C(=O)c1ccccc1)[C@@H](C)OCC#CCO[C@H](C)[C@H](NC(=O)[C@H](C)NC)C(=O)N1CCC[C@H]1CN(CCc1ccccc1)C(=O)c1ccccc1. The molecule has 16 heteroatoms. The first-order chi connectivity index (χ1) is 36.8. The van der Waals surface area contributed by atoms with Gasteiger partial charge in [0.15, 0.2) is 0 Å². The first kappa shape index (κ1) is 58.4. The fourth-order valence-corrected chi connectivity index (χ4v) is 9.61. The summed E-state index contributed by atoms with van der Waals surface area (Å²) in [5.41, 5.74) is 3.35. The van der Waals surface area contributed by atoms with Gasteiger partial charge in [0.2, 0.25) is 23.6 Å². The highest BCUT2D eigenvalue weighted by Gasteiger charge is 2.40. The molecule has 2 fully saturated rings. The molecule has 6 rings (SSSR count). The van der Waals surface area contributed by atoms with E-state index < -0.39 is 36.4 Å². The van der Waals surface area contributed by atoms with Crippen LogP contribution in [-0.2, 0) is 41.5 Å². The molecule has 0 aliphatic carbocycles. The van der Waals surface area contributed by atoms with Crippen LogP contribution in [0.3, 0.4) is 0 Å². The Hall–Kier alpha value is -6.90. The van der Waals surface area contributed by atoms with Crippen LogP contribution in [0.15, 0.2) is 121 Å². The molecule has 8 atom stereocenters.